The van der Waals surface area contributed by atoms with Crippen LogP contribution in [0.1, 0.15) is 29.0 Å². The fourth-order valence-corrected chi connectivity index (χ4v) is 3.24. The van der Waals surface area contributed by atoms with Gasteiger partial charge in [0.15, 0.2) is 0 Å². The normalized spacial score (nSPS) is 13.3. The third-order valence-corrected chi connectivity index (χ3v) is 4.85. The molecule has 1 atom stereocenters. The van der Waals surface area contributed by atoms with Crippen LogP contribution in [-0.2, 0) is 6.18 Å². The van der Waals surface area contributed by atoms with E-state index in [9.17, 15) is 13.2 Å². The molecule has 0 radical (unpaired) electrons. The van der Waals surface area contributed by atoms with Gasteiger partial charge in [0.2, 0.25) is 0 Å². The van der Waals surface area contributed by atoms with Crippen LogP contribution in [0, 0.1) is 6.92 Å². The van der Waals surface area contributed by atoms with E-state index in [2.05, 4.69) is 21.2 Å². The van der Waals surface area contributed by atoms with Crippen LogP contribution in [0.2, 0.25) is 0 Å². The number of thiophene rings is 1. The maximum Gasteiger partial charge on any atom is 0.416 e. The second-order valence-corrected chi connectivity index (χ2v) is 6.33. The molecule has 0 aliphatic heterocycles. The van der Waals surface area contributed by atoms with Crippen molar-refractivity contribution in [2.45, 2.75) is 26.1 Å². The molecule has 0 saturated carbocycles. The molecule has 2 aromatic rings. The zero-order chi connectivity index (χ0) is 14.9. The maximum absolute atomic E-state index is 12.7. The van der Waals surface area contributed by atoms with E-state index in [-0.39, 0.29) is 6.04 Å². The number of alkyl halides is 3. The van der Waals surface area contributed by atoms with Crippen molar-refractivity contribution in [3.8, 4) is 0 Å². The van der Waals surface area contributed by atoms with Gasteiger partial charge in [-0.05, 0) is 65.0 Å². The van der Waals surface area contributed by atoms with E-state index in [1.54, 1.807) is 11.3 Å². The molecule has 1 unspecified atom stereocenters. The van der Waals surface area contributed by atoms with E-state index in [1.165, 1.54) is 6.07 Å². The number of anilines is 1. The van der Waals surface area contributed by atoms with Crippen LogP contribution >= 0.6 is 27.3 Å². The Morgan fingerprint density at radius 1 is 1.25 bits per heavy atom. The predicted octanol–water partition coefficient (Wildman–Crippen LogP) is 6.01. The summed E-state index contributed by atoms with van der Waals surface area (Å²) in [6, 6.07) is 5.56. The summed E-state index contributed by atoms with van der Waals surface area (Å²) in [5, 5.41) is 5.11. The molecule has 1 heterocycles. The number of rotatable bonds is 3. The Kier molecular flexibility index (Phi) is 4.44. The Hall–Kier alpha value is -1.01. The van der Waals surface area contributed by atoms with Crippen LogP contribution in [0.25, 0.3) is 0 Å². The molecule has 1 aromatic carbocycles. The van der Waals surface area contributed by atoms with Gasteiger partial charge in [0, 0.05) is 15.0 Å². The van der Waals surface area contributed by atoms with Crippen LogP contribution in [0.5, 0.6) is 0 Å². The summed E-state index contributed by atoms with van der Waals surface area (Å²) >= 11 is 4.87. The largest absolute Gasteiger partial charge is 0.416 e. The van der Waals surface area contributed by atoms with Crippen LogP contribution in [0.4, 0.5) is 18.9 Å². The minimum Gasteiger partial charge on any atom is -0.377 e. The van der Waals surface area contributed by atoms with Gasteiger partial charge in [-0.2, -0.15) is 13.2 Å². The standard InChI is InChI=1S/C14H13BrF3NS/c1-8-5-6-20-13(8)9(2)19-12-7-10(14(16,17)18)3-4-11(12)15/h3-7,9,19H,1-2H3. The fourth-order valence-electron chi connectivity index (χ4n) is 1.94. The lowest BCUT2D eigenvalue weighted by Gasteiger charge is -2.18. The smallest absolute Gasteiger partial charge is 0.377 e. The molecule has 0 bridgehead atoms. The number of hydrogen-bond acceptors (Lipinski definition) is 2. The molecule has 2 rings (SSSR count). The highest BCUT2D eigenvalue weighted by molar-refractivity contribution is 9.10. The molecule has 0 amide bonds. The van der Waals surface area contributed by atoms with Crippen molar-refractivity contribution in [3.05, 3.63) is 50.1 Å². The number of aryl methyl sites for hydroxylation is 1. The first-order chi connectivity index (χ1) is 9.29. The number of hydrogen-bond donors (Lipinski definition) is 1. The molecule has 1 aromatic heterocycles. The molecule has 1 N–H and O–H groups in total. The first-order valence-corrected chi connectivity index (χ1v) is 7.63. The van der Waals surface area contributed by atoms with Gasteiger partial charge >= 0.3 is 6.18 Å². The van der Waals surface area contributed by atoms with Crippen LogP contribution in [-0.4, -0.2) is 0 Å². The summed E-state index contributed by atoms with van der Waals surface area (Å²) in [5.74, 6) is 0. The predicted molar refractivity (Wildman–Crippen MR) is 80.2 cm³/mol. The Bertz CT molecular complexity index is 607. The minimum absolute atomic E-state index is 0.0465. The van der Waals surface area contributed by atoms with Crippen molar-refractivity contribution in [1.82, 2.24) is 0 Å². The SMILES string of the molecule is Cc1ccsc1C(C)Nc1cc(C(F)(F)F)ccc1Br. The zero-order valence-electron chi connectivity index (χ0n) is 10.9. The molecule has 108 valence electrons. The lowest BCUT2D eigenvalue weighted by Crippen LogP contribution is -2.09. The van der Waals surface area contributed by atoms with Crippen LogP contribution < -0.4 is 5.32 Å². The molecule has 0 fully saturated rings. The van der Waals surface area contributed by atoms with E-state index in [4.69, 9.17) is 0 Å². The van der Waals surface area contributed by atoms with Crippen LogP contribution in [0.15, 0.2) is 34.1 Å². The highest BCUT2D eigenvalue weighted by atomic mass is 79.9. The quantitative estimate of drug-likeness (QED) is 0.703. The summed E-state index contributed by atoms with van der Waals surface area (Å²) in [5.41, 5.74) is 0.927. The highest BCUT2D eigenvalue weighted by Gasteiger charge is 2.31. The van der Waals surface area contributed by atoms with E-state index < -0.39 is 11.7 Å². The van der Waals surface area contributed by atoms with E-state index in [0.29, 0.717) is 10.2 Å². The molecular weight excluding hydrogens is 351 g/mol. The summed E-state index contributed by atoms with van der Waals surface area (Å²) in [4.78, 5) is 1.12. The maximum atomic E-state index is 12.7. The van der Waals surface area contributed by atoms with Gasteiger partial charge in [0.1, 0.15) is 0 Å². The van der Waals surface area contributed by atoms with Crippen molar-refractivity contribution in [3.63, 3.8) is 0 Å². The third kappa shape index (κ3) is 3.35. The van der Waals surface area contributed by atoms with Gasteiger partial charge in [-0.15, -0.1) is 11.3 Å². The van der Waals surface area contributed by atoms with Gasteiger partial charge < -0.3 is 5.32 Å². The second kappa shape index (κ2) is 5.77. The average molecular weight is 364 g/mol. The highest BCUT2D eigenvalue weighted by Crippen LogP contribution is 2.36. The topological polar surface area (TPSA) is 12.0 Å². The van der Waals surface area contributed by atoms with Crippen molar-refractivity contribution >= 4 is 33.0 Å². The summed E-state index contributed by atoms with van der Waals surface area (Å²) in [7, 11) is 0. The van der Waals surface area contributed by atoms with Gasteiger partial charge in [0.25, 0.3) is 0 Å². The lowest BCUT2D eigenvalue weighted by atomic mass is 10.1. The van der Waals surface area contributed by atoms with Crippen molar-refractivity contribution in [2.75, 3.05) is 5.32 Å². The molecule has 0 saturated heterocycles. The monoisotopic (exact) mass is 363 g/mol. The summed E-state index contributed by atoms with van der Waals surface area (Å²) in [6.45, 7) is 3.93. The Balaban J connectivity index is 2.27. The average Bonchev–Trinajstić information content (AvgIpc) is 2.77. The zero-order valence-corrected chi connectivity index (χ0v) is 13.3. The molecule has 20 heavy (non-hydrogen) atoms. The van der Waals surface area contributed by atoms with Crippen molar-refractivity contribution in [1.29, 1.82) is 0 Å². The molecule has 0 aliphatic rings. The molecule has 0 aliphatic carbocycles. The second-order valence-electron chi connectivity index (χ2n) is 4.53. The van der Waals surface area contributed by atoms with E-state index >= 15 is 0 Å². The first kappa shape index (κ1) is 15.4. The molecule has 0 spiro atoms. The van der Waals surface area contributed by atoms with E-state index in [1.807, 2.05) is 25.3 Å². The van der Waals surface area contributed by atoms with Gasteiger partial charge in [-0.1, -0.05) is 0 Å². The molecule has 1 nitrogen and oxygen atoms in total. The van der Waals surface area contributed by atoms with Crippen molar-refractivity contribution < 1.29 is 13.2 Å². The fraction of sp³-hybridized carbons (Fsp3) is 0.286. The molecular formula is C14H13BrF3NS. The number of halogens is 4. The Morgan fingerprint density at radius 3 is 2.50 bits per heavy atom. The molecule has 6 heteroatoms. The summed E-state index contributed by atoms with van der Waals surface area (Å²) < 4.78 is 38.8. The van der Waals surface area contributed by atoms with Gasteiger partial charge in [-0.25, -0.2) is 0 Å². The lowest BCUT2D eigenvalue weighted by molar-refractivity contribution is -0.137. The van der Waals surface area contributed by atoms with E-state index in [0.717, 1.165) is 22.6 Å². The van der Waals surface area contributed by atoms with Crippen molar-refractivity contribution in [2.24, 2.45) is 0 Å². The number of benzene rings is 1. The minimum atomic E-state index is -4.33. The Labute approximate surface area is 128 Å². The third-order valence-electron chi connectivity index (χ3n) is 2.96. The van der Waals surface area contributed by atoms with Gasteiger partial charge in [-0.3, -0.25) is 0 Å². The van der Waals surface area contributed by atoms with Gasteiger partial charge in [0.05, 0.1) is 11.6 Å². The van der Waals surface area contributed by atoms with Crippen LogP contribution in [0.3, 0.4) is 0 Å². The summed E-state index contributed by atoms with van der Waals surface area (Å²) in [6.07, 6.45) is -4.33. The number of nitrogens with one attached hydrogen (secondary N) is 1. The Morgan fingerprint density at radius 2 is 1.95 bits per heavy atom. The first-order valence-electron chi connectivity index (χ1n) is 5.96.